The van der Waals surface area contributed by atoms with Crippen LogP contribution in [0.15, 0.2) is 42.5 Å². The third-order valence-electron chi connectivity index (χ3n) is 3.94. The lowest BCUT2D eigenvalue weighted by atomic mass is 9.99. The smallest absolute Gasteiger partial charge is 0.465 e. The number of hydrogen-bond donors (Lipinski definition) is 2. The first-order valence-corrected chi connectivity index (χ1v) is 7.30. The molecule has 2 aromatic carbocycles. The van der Waals surface area contributed by atoms with Crippen molar-refractivity contribution in [2.24, 2.45) is 0 Å². The number of carbonyl (C=O) groups is 1. The number of benzene rings is 2. The SMILES string of the molecule is O=C(O)NC1CCc2ccc(-c3ccc(OC(F)(F)F)cc3)cc21. The Labute approximate surface area is 135 Å². The van der Waals surface area contributed by atoms with E-state index in [1.165, 1.54) is 24.3 Å². The summed E-state index contributed by atoms with van der Waals surface area (Å²) in [7, 11) is 0. The predicted molar refractivity (Wildman–Crippen MR) is 80.8 cm³/mol. The van der Waals surface area contributed by atoms with Gasteiger partial charge in [-0.3, -0.25) is 0 Å². The number of amides is 1. The molecule has 1 aliphatic rings. The van der Waals surface area contributed by atoms with Crippen LogP contribution in [0.5, 0.6) is 5.75 Å². The molecule has 24 heavy (non-hydrogen) atoms. The van der Waals surface area contributed by atoms with Crippen LogP contribution < -0.4 is 10.1 Å². The average molecular weight is 337 g/mol. The van der Waals surface area contributed by atoms with E-state index in [-0.39, 0.29) is 11.8 Å². The first-order chi connectivity index (χ1) is 11.3. The standard InChI is InChI=1S/C17H14F3NO3/c18-17(19,20)24-13-6-3-10(4-7-13)12-2-1-11-5-8-15(14(11)9-12)21-16(22)23/h1-4,6-7,9,15,21H,5,8H2,(H,22,23). The summed E-state index contributed by atoms with van der Waals surface area (Å²) in [5.74, 6) is -0.280. The van der Waals surface area contributed by atoms with Crippen molar-refractivity contribution < 1.29 is 27.8 Å². The Hall–Kier alpha value is -2.70. The van der Waals surface area contributed by atoms with E-state index in [2.05, 4.69) is 10.1 Å². The van der Waals surface area contributed by atoms with Crippen LogP contribution in [0.3, 0.4) is 0 Å². The Morgan fingerprint density at radius 1 is 1.12 bits per heavy atom. The van der Waals surface area contributed by atoms with Gasteiger partial charge in [0.2, 0.25) is 0 Å². The van der Waals surface area contributed by atoms with E-state index < -0.39 is 12.5 Å². The fourth-order valence-corrected chi connectivity index (χ4v) is 2.93. The third-order valence-corrected chi connectivity index (χ3v) is 3.94. The van der Waals surface area contributed by atoms with Gasteiger partial charge in [0.25, 0.3) is 0 Å². The third kappa shape index (κ3) is 3.61. The zero-order chi connectivity index (χ0) is 17.3. The second-order valence-corrected chi connectivity index (χ2v) is 5.53. The minimum Gasteiger partial charge on any atom is -0.465 e. The Kier molecular flexibility index (Phi) is 4.09. The van der Waals surface area contributed by atoms with Crippen LogP contribution in [0.4, 0.5) is 18.0 Å². The van der Waals surface area contributed by atoms with Gasteiger partial charge >= 0.3 is 12.5 Å². The monoisotopic (exact) mass is 337 g/mol. The van der Waals surface area contributed by atoms with Crippen LogP contribution in [0.25, 0.3) is 11.1 Å². The highest BCUT2D eigenvalue weighted by Gasteiger charge is 2.31. The molecule has 0 aromatic heterocycles. The number of ether oxygens (including phenoxy) is 1. The molecule has 0 aliphatic heterocycles. The molecule has 7 heteroatoms. The minimum absolute atomic E-state index is 0.259. The molecular formula is C17H14F3NO3. The molecule has 0 heterocycles. The number of carboxylic acid groups (broad SMARTS) is 1. The predicted octanol–water partition coefficient (Wildman–Crippen LogP) is 4.51. The van der Waals surface area contributed by atoms with Gasteiger partial charge in [0.1, 0.15) is 5.75 Å². The van der Waals surface area contributed by atoms with Crippen LogP contribution >= 0.6 is 0 Å². The van der Waals surface area contributed by atoms with Gasteiger partial charge < -0.3 is 15.2 Å². The fourth-order valence-electron chi connectivity index (χ4n) is 2.93. The van der Waals surface area contributed by atoms with Crippen molar-refractivity contribution in [3.05, 3.63) is 53.6 Å². The molecule has 1 unspecified atom stereocenters. The number of fused-ring (bicyclic) bond motifs is 1. The highest BCUT2D eigenvalue weighted by Crippen LogP contribution is 2.35. The van der Waals surface area contributed by atoms with E-state index in [0.29, 0.717) is 6.42 Å². The van der Waals surface area contributed by atoms with Gasteiger partial charge in [-0.25, -0.2) is 4.79 Å². The molecule has 0 radical (unpaired) electrons. The summed E-state index contributed by atoms with van der Waals surface area (Å²) in [5, 5.41) is 11.4. The molecule has 1 atom stereocenters. The van der Waals surface area contributed by atoms with Crippen molar-refractivity contribution >= 4 is 6.09 Å². The fraction of sp³-hybridized carbons (Fsp3) is 0.235. The Morgan fingerprint density at radius 2 is 1.79 bits per heavy atom. The zero-order valence-corrected chi connectivity index (χ0v) is 12.4. The second kappa shape index (κ2) is 6.07. The molecule has 1 amide bonds. The maximum Gasteiger partial charge on any atom is 0.573 e. The summed E-state index contributed by atoms with van der Waals surface area (Å²) in [5.41, 5.74) is 3.53. The number of halogens is 3. The van der Waals surface area contributed by atoms with Crippen molar-refractivity contribution in [1.29, 1.82) is 0 Å². The van der Waals surface area contributed by atoms with Gasteiger partial charge in [-0.15, -0.1) is 13.2 Å². The van der Waals surface area contributed by atoms with Crippen molar-refractivity contribution in [3.63, 3.8) is 0 Å². The Morgan fingerprint density at radius 3 is 2.42 bits per heavy atom. The summed E-state index contributed by atoms with van der Waals surface area (Å²) < 4.78 is 40.4. The summed E-state index contributed by atoms with van der Waals surface area (Å²) in [4.78, 5) is 10.9. The molecular weight excluding hydrogens is 323 g/mol. The van der Waals surface area contributed by atoms with Gasteiger partial charge in [-0.05, 0) is 53.3 Å². The van der Waals surface area contributed by atoms with Crippen molar-refractivity contribution in [1.82, 2.24) is 5.32 Å². The molecule has 2 aromatic rings. The highest BCUT2D eigenvalue weighted by molar-refractivity contribution is 5.68. The van der Waals surface area contributed by atoms with E-state index in [4.69, 9.17) is 5.11 Å². The van der Waals surface area contributed by atoms with E-state index in [1.807, 2.05) is 18.2 Å². The van der Waals surface area contributed by atoms with E-state index in [9.17, 15) is 18.0 Å². The number of hydrogen-bond acceptors (Lipinski definition) is 2. The molecule has 2 N–H and O–H groups in total. The second-order valence-electron chi connectivity index (χ2n) is 5.53. The summed E-state index contributed by atoms with van der Waals surface area (Å²) in [6, 6.07) is 11.0. The van der Waals surface area contributed by atoms with Gasteiger partial charge in [-0.2, -0.15) is 0 Å². The summed E-state index contributed by atoms with van der Waals surface area (Å²) in [6.07, 6.45) is -4.31. The maximum absolute atomic E-state index is 12.2. The molecule has 0 bridgehead atoms. The van der Waals surface area contributed by atoms with Crippen LogP contribution in [0.1, 0.15) is 23.6 Å². The molecule has 0 saturated heterocycles. The van der Waals surface area contributed by atoms with Gasteiger partial charge in [-0.1, -0.05) is 24.3 Å². The molecule has 0 fully saturated rings. The van der Waals surface area contributed by atoms with E-state index in [0.717, 1.165) is 28.7 Å². The first-order valence-electron chi connectivity index (χ1n) is 7.30. The first kappa shape index (κ1) is 16.2. The molecule has 1 aliphatic carbocycles. The number of nitrogens with one attached hydrogen (secondary N) is 1. The van der Waals surface area contributed by atoms with Crippen LogP contribution in [0.2, 0.25) is 0 Å². The largest absolute Gasteiger partial charge is 0.573 e. The summed E-state index contributed by atoms with van der Waals surface area (Å²) >= 11 is 0. The highest BCUT2D eigenvalue weighted by atomic mass is 19.4. The lowest BCUT2D eigenvalue weighted by Gasteiger charge is -2.13. The molecule has 3 rings (SSSR count). The van der Waals surface area contributed by atoms with Crippen molar-refractivity contribution in [3.8, 4) is 16.9 Å². The van der Waals surface area contributed by atoms with Crippen LogP contribution in [0, 0.1) is 0 Å². The molecule has 126 valence electrons. The number of rotatable bonds is 3. The Bertz CT molecular complexity index is 757. The lowest BCUT2D eigenvalue weighted by molar-refractivity contribution is -0.274. The van der Waals surface area contributed by atoms with Crippen molar-refractivity contribution in [2.75, 3.05) is 0 Å². The number of aryl methyl sites for hydroxylation is 1. The number of alkyl halides is 3. The summed E-state index contributed by atoms with van der Waals surface area (Å²) in [6.45, 7) is 0. The average Bonchev–Trinajstić information content (AvgIpc) is 2.88. The maximum atomic E-state index is 12.2. The topological polar surface area (TPSA) is 58.6 Å². The quantitative estimate of drug-likeness (QED) is 0.866. The Balaban J connectivity index is 1.84. The zero-order valence-electron chi connectivity index (χ0n) is 12.4. The van der Waals surface area contributed by atoms with Crippen molar-refractivity contribution in [2.45, 2.75) is 25.2 Å². The molecule has 0 spiro atoms. The van der Waals surface area contributed by atoms with Crippen LogP contribution in [-0.4, -0.2) is 17.6 Å². The lowest BCUT2D eigenvalue weighted by Crippen LogP contribution is -2.24. The van der Waals surface area contributed by atoms with Gasteiger partial charge in [0.15, 0.2) is 0 Å². The van der Waals surface area contributed by atoms with E-state index in [1.54, 1.807) is 0 Å². The van der Waals surface area contributed by atoms with E-state index >= 15 is 0 Å². The van der Waals surface area contributed by atoms with Gasteiger partial charge in [0, 0.05) is 0 Å². The van der Waals surface area contributed by atoms with Gasteiger partial charge in [0.05, 0.1) is 6.04 Å². The van der Waals surface area contributed by atoms with Crippen LogP contribution in [-0.2, 0) is 6.42 Å². The normalized spacial score (nSPS) is 16.5. The minimum atomic E-state index is -4.72. The molecule has 4 nitrogen and oxygen atoms in total. The molecule has 0 saturated carbocycles.